The minimum Gasteiger partial charge on any atom is -0.389 e. The van der Waals surface area contributed by atoms with Gasteiger partial charge >= 0.3 is 0 Å². The molecule has 2 heterocycles. The molecule has 0 aliphatic carbocycles. The van der Waals surface area contributed by atoms with E-state index >= 15 is 0 Å². The van der Waals surface area contributed by atoms with Gasteiger partial charge in [0.2, 0.25) is 11.8 Å². The zero-order chi connectivity index (χ0) is 14.0. The molecular formula is C11H10N4O3S. The molecule has 19 heavy (non-hydrogen) atoms. The molecule has 3 N–H and O–H groups in total. The van der Waals surface area contributed by atoms with E-state index < -0.39 is 17.7 Å². The number of thiocarbonyl (C=S) groups is 1. The molecule has 7 nitrogen and oxygen atoms in total. The van der Waals surface area contributed by atoms with Crippen molar-refractivity contribution < 1.29 is 14.4 Å². The molecule has 0 aromatic carbocycles. The third kappa shape index (κ3) is 2.91. The summed E-state index contributed by atoms with van der Waals surface area (Å²) in [5.74, 6) is -1.51. The molecule has 1 aliphatic heterocycles. The van der Waals surface area contributed by atoms with Gasteiger partial charge in [0.1, 0.15) is 23.8 Å². The predicted molar refractivity (Wildman–Crippen MR) is 69.2 cm³/mol. The van der Waals surface area contributed by atoms with Crippen LogP contribution in [-0.4, -0.2) is 45.7 Å². The average molecular weight is 278 g/mol. The largest absolute Gasteiger partial charge is 0.389 e. The smallest absolute Gasteiger partial charge is 0.273 e. The van der Waals surface area contributed by atoms with Gasteiger partial charge in [0.05, 0.1) is 0 Å². The van der Waals surface area contributed by atoms with E-state index in [4.69, 9.17) is 18.0 Å². The Hall–Kier alpha value is -2.35. The van der Waals surface area contributed by atoms with Crippen LogP contribution in [0.4, 0.5) is 0 Å². The second kappa shape index (κ2) is 5.11. The van der Waals surface area contributed by atoms with Gasteiger partial charge < -0.3 is 10.6 Å². The molecule has 0 bridgehead atoms. The first-order valence-corrected chi connectivity index (χ1v) is 5.76. The number of carbonyl (C=O) groups is 3. The molecule has 0 atom stereocenters. The van der Waals surface area contributed by atoms with Crippen LogP contribution in [0.15, 0.2) is 18.3 Å². The van der Waals surface area contributed by atoms with E-state index in [9.17, 15) is 14.4 Å². The van der Waals surface area contributed by atoms with Crippen LogP contribution < -0.4 is 11.1 Å². The van der Waals surface area contributed by atoms with Crippen molar-refractivity contribution >= 4 is 34.9 Å². The lowest BCUT2D eigenvalue weighted by Gasteiger charge is -2.25. The molecule has 1 fully saturated rings. The first-order valence-electron chi connectivity index (χ1n) is 5.35. The minimum atomic E-state index is -0.510. The van der Waals surface area contributed by atoms with E-state index in [1.54, 1.807) is 6.07 Å². The summed E-state index contributed by atoms with van der Waals surface area (Å²) < 4.78 is 0. The summed E-state index contributed by atoms with van der Waals surface area (Å²) >= 11 is 4.77. The number of rotatable bonds is 2. The molecule has 0 radical (unpaired) electrons. The maximum atomic E-state index is 12.0. The van der Waals surface area contributed by atoms with Crippen molar-refractivity contribution in [2.75, 3.05) is 13.1 Å². The van der Waals surface area contributed by atoms with E-state index in [1.807, 2.05) is 0 Å². The van der Waals surface area contributed by atoms with Crippen molar-refractivity contribution in [2.45, 2.75) is 0 Å². The van der Waals surface area contributed by atoms with Crippen molar-refractivity contribution in [3.8, 4) is 0 Å². The Kier molecular flexibility index (Phi) is 3.52. The molecule has 0 unspecified atom stereocenters. The summed E-state index contributed by atoms with van der Waals surface area (Å²) in [6.45, 7) is -0.327. The van der Waals surface area contributed by atoms with E-state index in [2.05, 4.69) is 10.3 Å². The number of hydrogen-bond donors (Lipinski definition) is 2. The first kappa shape index (κ1) is 13.1. The van der Waals surface area contributed by atoms with E-state index in [-0.39, 0.29) is 23.8 Å². The molecule has 3 amide bonds. The third-order valence-corrected chi connectivity index (χ3v) is 2.74. The Bertz CT molecular complexity index is 554. The second-order valence-electron chi connectivity index (χ2n) is 3.93. The number of pyridine rings is 1. The zero-order valence-corrected chi connectivity index (χ0v) is 10.6. The number of nitrogens with one attached hydrogen (secondary N) is 1. The molecule has 8 heteroatoms. The van der Waals surface area contributed by atoms with Crippen molar-refractivity contribution in [3.05, 3.63) is 29.6 Å². The fourth-order valence-corrected chi connectivity index (χ4v) is 1.73. The summed E-state index contributed by atoms with van der Waals surface area (Å²) in [6, 6.07) is 3.02. The van der Waals surface area contributed by atoms with Crippen LogP contribution in [-0.2, 0) is 9.59 Å². The second-order valence-corrected chi connectivity index (χ2v) is 4.37. The molecule has 1 aliphatic rings. The van der Waals surface area contributed by atoms with Crippen molar-refractivity contribution in [1.82, 2.24) is 15.2 Å². The van der Waals surface area contributed by atoms with Gasteiger partial charge in [0.25, 0.3) is 5.91 Å². The van der Waals surface area contributed by atoms with Gasteiger partial charge in [-0.05, 0) is 12.1 Å². The van der Waals surface area contributed by atoms with Crippen LogP contribution in [0, 0.1) is 0 Å². The van der Waals surface area contributed by atoms with Gasteiger partial charge in [0, 0.05) is 11.8 Å². The van der Waals surface area contributed by atoms with Gasteiger partial charge in [0.15, 0.2) is 0 Å². The highest BCUT2D eigenvalue weighted by atomic mass is 32.1. The zero-order valence-electron chi connectivity index (χ0n) is 9.75. The van der Waals surface area contributed by atoms with Gasteiger partial charge in [-0.25, -0.2) is 0 Å². The maximum Gasteiger partial charge on any atom is 0.273 e. The number of nitrogens with zero attached hydrogens (tertiary/aromatic N) is 2. The van der Waals surface area contributed by atoms with Crippen LogP contribution in [0.5, 0.6) is 0 Å². The lowest BCUT2D eigenvalue weighted by atomic mass is 10.2. The number of piperazine rings is 1. The Balaban J connectivity index is 2.17. The molecule has 98 valence electrons. The molecule has 1 aromatic rings. The quantitative estimate of drug-likeness (QED) is 0.521. The van der Waals surface area contributed by atoms with Crippen molar-refractivity contribution in [2.24, 2.45) is 5.73 Å². The van der Waals surface area contributed by atoms with Crippen molar-refractivity contribution in [1.29, 1.82) is 0 Å². The van der Waals surface area contributed by atoms with Crippen LogP contribution in [0.3, 0.4) is 0 Å². The Morgan fingerprint density at radius 2 is 1.95 bits per heavy atom. The monoisotopic (exact) mass is 278 g/mol. The highest BCUT2D eigenvalue weighted by molar-refractivity contribution is 7.80. The van der Waals surface area contributed by atoms with Crippen LogP contribution in [0.1, 0.15) is 16.1 Å². The summed E-state index contributed by atoms with van der Waals surface area (Å²) in [5.41, 5.74) is 6.09. The standard InChI is InChI=1S/C11H10N4O3S/c12-10(19)6-1-2-7(13-3-6)11(18)15-4-8(16)14-9(17)5-15/h1-3H,4-5H2,(H2,12,19)(H,14,16,17). The van der Waals surface area contributed by atoms with Gasteiger partial charge in [-0.1, -0.05) is 12.2 Å². The molecule has 1 aromatic heterocycles. The number of aromatic nitrogens is 1. The predicted octanol–water partition coefficient (Wildman–Crippen LogP) is -1.19. The topological polar surface area (TPSA) is 105 Å². The van der Waals surface area contributed by atoms with Gasteiger partial charge in [-0.15, -0.1) is 0 Å². The number of nitrogens with two attached hydrogens (primary N) is 1. The fraction of sp³-hybridized carbons (Fsp3) is 0.182. The number of imide groups is 1. The normalized spacial score (nSPS) is 15.1. The minimum absolute atomic E-state index is 0.127. The molecule has 2 rings (SSSR count). The SMILES string of the molecule is NC(=S)c1ccc(C(=O)N2CC(=O)NC(=O)C2)nc1. The van der Waals surface area contributed by atoms with Crippen molar-refractivity contribution in [3.63, 3.8) is 0 Å². The summed E-state index contributed by atoms with van der Waals surface area (Å²) in [6.07, 6.45) is 1.38. The number of carbonyl (C=O) groups excluding carboxylic acids is 3. The van der Waals surface area contributed by atoms with Crippen LogP contribution in [0.2, 0.25) is 0 Å². The number of hydrogen-bond acceptors (Lipinski definition) is 5. The third-order valence-electron chi connectivity index (χ3n) is 2.50. The van der Waals surface area contributed by atoms with Gasteiger partial charge in [-0.3, -0.25) is 24.7 Å². The average Bonchev–Trinajstić information content (AvgIpc) is 2.37. The molecule has 0 saturated carbocycles. The number of amides is 3. The van der Waals surface area contributed by atoms with E-state index in [0.29, 0.717) is 5.56 Å². The summed E-state index contributed by atoms with van der Waals surface area (Å²) in [4.78, 5) is 39.6. The highest BCUT2D eigenvalue weighted by Crippen LogP contribution is 2.06. The fourth-order valence-electron chi connectivity index (χ4n) is 1.61. The highest BCUT2D eigenvalue weighted by Gasteiger charge is 2.27. The van der Waals surface area contributed by atoms with Gasteiger partial charge in [-0.2, -0.15) is 0 Å². The Morgan fingerprint density at radius 1 is 1.32 bits per heavy atom. The van der Waals surface area contributed by atoms with Crippen LogP contribution in [0.25, 0.3) is 0 Å². The Labute approximate surface area is 113 Å². The first-order chi connectivity index (χ1) is 8.97. The maximum absolute atomic E-state index is 12.0. The Morgan fingerprint density at radius 3 is 2.42 bits per heavy atom. The van der Waals surface area contributed by atoms with E-state index in [1.165, 1.54) is 12.3 Å². The lowest BCUT2D eigenvalue weighted by Crippen LogP contribution is -2.53. The summed E-state index contributed by atoms with van der Waals surface area (Å²) in [7, 11) is 0. The molecular weight excluding hydrogens is 268 g/mol. The van der Waals surface area contributed by atoms with E-state index in [0.717, 1.165) is 4.90 Å². The molecule has 0 spiro atoms. The lowest BCUT2D eigenvalue weighted by molar-refractivity contribution is -0.135. The molecule has 1 saturated heterocycles. The summed E-state index contributed by atoms with van der Waals surface area (Å²) in [5, 5.41) is 2.11. The van der Waals surface area contributed by atoms with Crippen LogP contribution >= 0.6 is 12.2 Å².